The van der Waals surface area contributed by atoms with E-state index < -0.39 is 0 Å². The summed E-state index contributed by atoms with van der Waals surface area (Å²) >= 11 is 5.23. The third-order valence-corrected chi connectivity index (χ3v) is 4.46. The summed E-state index contributed by atoms with van der Waals surface area (Å²) in [5.41, 5.74) is 1.40. The fraction of sp³-hybridized carbons (Fsp3) is 0.375. The fourth-order valence-corrected chi connectivity index (χ4v) is 2.91. The van der Waals surface area contributed by atoms with E-state index in [0.717, 1.165) is 25.0 Å². The van der Waals surface area contributed by atoms with Crippen molar-refractivity contribution < 1.29 is 14.3 Å². The fourth-order valence-electron chi connectivity index (χ4n) is 2.70. The molecule has 2 amide bonds. The summed E-state index contributed by atoms with van der Waals surface area (Å²) in [7, 11) is 0. The quantitative estimate of drug-likeness (QED) is 0.401. The molecule has 31 heavy (non-hydrogen) atoms. The molecule has 3 N–H and O–H groups in total. The minimum absolute atomic E-state index is 0.146. The molecule has 0 aromatic heterocycles. The maximum atomic E-state index is 12.4. The number of hydrogen-bond acceptors (Lipinski definition) is 4. The molecule has 0 radical (unpaired) electrons. The molecule has 0 unspecified atom stereocenters. The van der Waals surface area contributed by atoms with Gasteiger partial charge in [-0.2, -0.15) is 0 Å². The maximum absolute atomic E-state index is 12.4. The van der Waals surface area contributed by atoms with Crippen LogP contribution in [-0.2, 0) is 0 Å². The number of anilines is 1. The number of thiocarbonyl (C=S) groups is 1. The van der Waals surface area contributed by atoms with Gasteiger partial charge in [0.2, 0.25) is 0 Å². The van der Waals surface area contributed by atoms with Gasteiger partial charge < -0.3 is 15.4 Å². The Bertz CT molecular complexity index is 888. The number of benzene rings is 2. The molecule has 166 valence electrons. The second kappa shape index (κ2) is 11.5. The number of amides is 2. The molecule has 7 heteroatoms. The average Bonchev–Trinajstić information content (AvgIpc) is 2.71. The number of nitrogens with one attached hydrogen (secondary N) is 3. The zero-order valence-corrected chi connectivity index (χ0v) is 19.4. The molecular formula is C24H31N3O3S. The highest BCUT2D eigenvalue weighted by atomic mass is 32.1. The van der Waals surface area contributed by atoms with Crippen molar-refractivity contribution in [3.05, 3.63) is 59.7 Å². The molecule has 0 aliphatic rings. The monoisotopic (exact) mass is 441 g/mol. The third kappa shape index (κ3) is 8.76. The maximum Gasteiger partial charge on any atom is 0.257 e. The summed E-state index contributed by atoms with van der Waals surface area (Å²) in [6.07, 6.45) is 3.30. The van der Waals surface area contributed by atoms with E-state index in [1.807, 2.05) is 20.8 Å². The summed E-state index contributed by atoms with van der Waals surface area (Å²) in [6, 6.07) is 13.8. The minimum atomic E-state index is -0.309. The largest absolute Gasteiger partial charge is 0.494 e. The smallest absolute Gasteiger partial charge is 0.257 e. The summed E-state index contributed by atoms with van der Waals surface area (Å²) < 4.78 is 5.66. The van der Waals surface area contributed by atoms with Gasteiger partial charge in [-0.05, 0) is 87.9 Å². The van der Waals surface area contributed by atoms with Crippen molar-refractivity contribution >= 4 is 34.8 Å². The lowest BCUT2D eigenvalue weighted by Gasteiger charge is -2.20. The Balaban J connectivity index is 1.85. The Morgan fingerprint density at radius 2 is 1.48 bits per heavy atom. The first-order valence-corrected chi connectivity index (χ1v) is 10.9. The molecule has 0 fully saturated rings. The molecule has 0 bridgehead atoms. The van der Waals surface area contributed by atoms with E-state index in [9.17, 15) is 9.59 Å². The molecule has 0 aliphatic heterocycles. The molecule has 6 nitrogen and oxygen atoms in total. The normalized spacial score (nSPS) is 10.8. The highest BCUT2D eigenvalue weighted by molar-refractivity contribution is 7.80. The molecule has 2 aromatic rings. The van der Waals surface area contributed by atoms with Gasteiger partial charge in [0, 0.05) is 22.4 Å². The second-order valence-electron chi connectivity index (χ2n) is 8.27. The topological polar surface area (TPSA) is 79.5 Å². The number of ether oxygens (including phenoxy) is 1. The lowest BCUT2D eigenvalue weighted by molar-refractivity contribution is 0.0918. The Morgan fingerprint density at radius 3 is 2.06 bits per heavy atom. The van der Waals surface area contributed by atoms with Crippen LogP contribution in [0.1, 0.15) is 67.7 Å². The van der Waals surface area contributed by atoms with Gasteiger partial charge in [0.15, 0.2) is 5.11 Å². The summed E-state index contributed by atoms with van der Waals surface area (Å²) in [6.45, 7) is 8.60. The number of carbonyl (C=O) groups excluding carboxylic acids is 2. The van der Waals surface area contributed by atoms with Crippen LogP contribution < -0.4 is 20.7 Å². The third-order valence-electron chi connectivity index (χ3n) is 4.25. The van der Waals surface area contributed by atoms with Gasteiger partial charge in [-0.3, -0.25) is 14.9 Å². The van der Waals surface area contributed by atoms with Gasteiger partial charge in [0.05, 0.1) is 6.61 Å². The first-order chi connectivity index (χ1) is 14.7. The van der Waals surface area contributed by atoms with Crippen LogP contribution in [0.2, 0.25) is 0 Å². The Labute approximate surface area is 189 Å². The SMILES string of the molecule is CCCCCOc1ccc(C(=O)NC(=S)Nc2ccc(C(=O)NC(C)(C)C)cc2)cc1. The van der Waals surface area contributed by atoms with E-state index in [0.29, 0.717) is 23.4 Å². The van der Waals surface area contributed by atoms with E-state index in [-0.39, 0.29) is 22.5 Å². The number of carbonyl (C=O) groups is 2. The van der Waals surface area contributed by atoms with Crippen molar-refractivity contribution in [3.63, 3.8) is 0 Å². The van der Waals surface area contributed by atoms with Crippen LogP contribution in [0.3, 0.4) is 0 Å². The van der Waals surface area contributed by atoms with E-state index in [1.54, 1.807) is 48.5 Å². The molecule has 0 heterocycles. The van der Waals surface area contributed by atoms with Crippen molar-refractivity contribution in [2.75, 3.05) is 11.9 Å². The van der Waals surface area contributed by atoms with Crippen LogP contribution in [0, 0.1) is 0 Å². The van der Waals surface area contributed by atoms with Gasteiger partial charge >= 0.3 is 0 Å². The first kappa shape index (κ1) is 24.3. The van der Waals surface area contributed by atoms with E-state index >= 15 is 0 Å². The van der Waals surface area contributed by atoms with Crippen LogP contribution in [-0.4, -0.2) is 29.1 Å². The van der Waals surface area contributed by atoms with E-state index in [1.165, 1.54) is 0 Å². The van der Waals surface area contributed by atoms with Crippen LogP contribution in [0.25, 0.3) is 0 Å². The number of hydrogen-bond donors (Lipinski definition) is 3. The Morgan fingerprint density at radius 1 is 0.903 bits per heavy atom. The highest BCUT2D eigenvalue weighted by Crippen LogP contribution is 2.14. The van der Waals surface area contributed by atoms with Crippen LogP contribution in [0.5, 0.6) is 5.75 Å². The summed E-state index contributed by atoms with van der Waals surface area (Å²) in [5.74, 6) is 0.285. The molecule has 2 rings (SSSR count). The minimum Gasteiger partial charge on any atom is -0.494 e. The van der Waals surface area contributed by atoms with Gasteiger partial charge in [-0.15, -0.1) is 0 Å². The van der Waals surface area contributed by atoms with Crippen molar-refractivity contribution in [1.82, 2.24) is 10.6 Å². The van der Waals surface area contributed by atoms with Gasteiger partial charge in [-0.1, -0.05) is 19.8 Å². The van der Waals surface area contributed by atoms with Crippen LogP contribution >= 0.6 is 12.2 Å². The predicted molar refractivity (Wildman–Crippen MR) is 129 cm³/mol. The first-order valence-electron chi connectivity index (χ1n) is 10.5. The second-order valence-corrected chi connectivity index (χ2v) is 8.68. The standard InChI is InChI=1S/C24H31N3O3S/c1-5-6-7-16-30-20-14-10-17(11-15-20)21(28)26-23(31)25-19-12-8-18(9-13-19)22(29)27-24(2,3)4/h8-15H,5-7,16H2,1-4H3,(H,27,29)(H2,25,26,28,31). The lowest BCUT2D eigenvalue weighted by atomic mass is 10.1. The van der Waals surface area contributed by atoms with E-state index in [4.69, 9.17) is 17.0 Å². The summed E-state index contributed by atoms with van der Waals surface area (Å²) in [5, 5.41) is 8.69. The molecule has 0 spiro atoms. The van der Waals surface area contributed by atoms with Gasteiger partial charge in [0.25, 0.3) is 11.8 Å². The Kier molecular flexibility index (Phi) is 9.00. The molecule has 0 saturated heterocycles. The number of unbranched alkanes of at least 4 members (excludes halogenated alkanes) is 2. The van der Waals surface area contributed by atoms with Crippen molar-refractivity contribution in [2.24, 2.45) is 0 Å². The zero-order valence-electron chi connectivity index (χ0n) is 18.6. The lowest BCUT2D eigenvalue weighted by Crippen LogP contribution is -2.40. The van der Waals surface area contributed by atoms with Crippen molar-refractivity contribution in [2.45, 2.75) is 52.5 Å². The Hall–Kier alpha value is -2.93. The molecule has 2 aromatic carbocycles. The molecule has 0 atom stereocenters. The molecular weight excluding hydrogens is 410 g/mol. The van der Waals surface area contributed by atoms with Crippen LogP contribution in [0.15, 0.2) is 48.5 Å². The van der Waals surface area contributed by atoms with Gasteiger partial charge in [0.1, 0.15) is 5.75 Å². The van der Waals surface area contributed by atoms with Crippen LogP contribution in [0.4, 0.5) is 5.69 Å². The van der Waals surface area contributed by atoms with Crippen molar-refractivity contribution in [3.8, 4) is 5.75 Å². The molecule has 0 aliphatic carbocycles. The average molecular weight is 442 g/mol. The van der Waals surface area contributed by atoms with Crippen molar-refractivity contribution in [1.29, 1.82) is 0 Å². The highest BCUT2D eigenvalue weighted by Gasteiger charge is 2.15. The van der Waals surface area contributed by atoms with Gasteiger partial charge in [-0.25, -0.2) is 0 Å². The summed E-state index contributed by atoms with van der Waals surface area (Å²) in [4.78, 5) is 24.6. The zero-order chi connectivity index (χ0) is 22.9. The van der Waals surface area contributed by atoms with E-state index in [2.05, 4.69) is 22.9 Å². The molecule has 0 saturated carbocycles. The number of rotatable bonds is 8. The predicted octanol–water partition coefficient (Wildman–Crippen LogP) is 4.91.